The zero-order chi connectivity index (χ0) is 27.4. The standard InChI is InChI=1S/C25H40F3N3O6/c1-2-37-23(35)19(14-13-17-9-4-3-5-10-17)30-18(11-6-7-15-29-24(36)25(26,27)28)21(32)31-16-8-12-20(31)22(33)34/h17-20,30H,2-16H2,1H3,(H,29,36)(H,33,34)/t18-,19?,20-/m0/s1. The van der Waals surface area contributed by atoms with Crippen molar-refractivity contribution in [1.82, 2.24) is 15.5 Å². The Balaban J connectivity index is 2.07. The smallest absolute Gasteiger partial charge is 0.471 e. The zero-order valence-corrected chi connectivity index (χ0v) is 21.5. The summed E-state index contributed by atoms with van der Waals surface area (Å²) < 4.78 is 42.4. The minimum atomic E-state index is -4.97. The molecule has 2 rings (SSSR count). The number of hydrogen-bond donors (Lipinski definition) is 3. The molecule has 0 aromatic rings. The molecule has 1 aliphatic carbocycles. The number of rotatable bonds is 14. The lowest BCUT2D eigenvalue weighted by molar-refractivity contribution is -0.173. The van der Waals surface area contributed by atoms with E-state index in [1.54, 1.807) is 12.2 Å². The molecule has 212 valence electrons. The summed E-state index contributed by atoms with van der Waals surface area (Å²) in [6, 6.07) is -2.61. The number of carbonyl (C=O) groups excluding carboxylic acids is 3. The van der Waals surface area contributed by atoms with E-state index >= 15 is 0 Å². The van der Waals surface area contributed by atoms with Crippen LogP contribution in [0.15, 0.2) is 0 Å². The predicted molar refractivity (Wildman–Crippen MR) is 128 cm³/mol. The Morgan fingerprint density at radius 1 is 1.00 bits per heavy atom. The number of carbonyl (C=O) groups is 4. The monoisotopic (exact) mass is 535 g/mol. The van der Waals surface area contributed by atoms with Crippen LogP contribution in [0, 0.1) is 5.92 Å². The molecular weight excluding hydrogens is 495 g/mol. The molecule has 0 aromatic heterocycles. The van der Waals surface area contributed by atoms with Crippen molar-refractivity contribution < 1.29 is 42.2 Å². The van der Waals surface area contributed by atoms with E-state index in [1.165, 1.54) is 11.3 Å². The van der Waals surface area contributed by atoms with E-state index in [-0.39, 0.29) is 39.0 Å². The van der Waals surface area contributed by atoms with Crippen LogP contribution < -0.4 is 10.6 Å². The van der Waals surface area contributed by atoms with Crippen molar-refractivity contribution in [2.75, 3.05) is 19.7 Å². The lowest BCUT2D eigenvalue weighted by Crippen LogP contribution is -2.54. The third-order valence-electron chi connectivity index (χ3n) is 7.14. The Morgan fingerprint density at radius 3 is 2.32 bits per heavy atom. The first kappa shape index (κ1) is 30.9. The molecule has 37 heavy (non-hydrogen) atoms. The molecule has 2 fully saturated rings. The molecule has 12 heteroatoms. The maximum Gasteiger partial charge on any atom is 0.471 e. The number of esters is 1. The molecule has 3 N–H and O–H groups in total. The third-order valence-corrected chi connectivity index (χ3v) is 7.14. The quantitative estimate of drug-likeness (QED) is 0.231. The van der Waals surface area contributed by atoms with Crippen LogP contribution in [0.4, 0.5) is 13.2 Å². The predicted octanol–water partition coefficient (Wildman–Crippen LogP) is 3.16. The van der Waals surface area contributed by atoms with Gasteiger partial charge in [-0.25, -0.2) is 4.79 Å². The van der Waals surface area contributed by atoms with Crippen LogP contribution in [0.1, 0.15) is 84.0 Å². The Labute approximate surface area is 215 Å². The van der Waals surface area contributed by atoms with Gasteiger partial charge in [-0.2, -0.15) is 13.2 Å². The highest BCUT2D eigenvalue weighted by atomic mass is 19.4. The van der Waals surface area contributed by atoms with Crippen LogP contribution in [-0.2, 0) is 23.9 Å². The first-order valence-electron chi connectivity index (χ1n) is 13.4. The Hall–Kier alpha value is -2.37. The number of unbranched alkanes of at least 4 members (excludes halogenated alkanes) is 1. The van der Waals surface area contributed by atoms with E-state index in [2.05, 4.69) is 5.32 Å². The molecule has 1 saturated carbocycles. The van der Waals surface area contributed by atoms with E-state index in [1.807, 2.05) is 0 Å². The summed E-state index contributed by atoms with van der Waals surface area (Å²) >= 11 is 0. The fraction of sp³-hybridized carbons (Fsp3) is 0.840. The van der Waals surface area contributed by atoms with E-state index in [4.69, 9.17) is 4.74 Å². The second-order valence-electron chi connectivity index (χ2n) is 9.88. The van der Waals surface area contributed by atoms with Gasteiger partial charge < -0.3 is 20.1 Å². The summed E-state index contributed by atoms with van der Waals surface area (Å²) in [5.41, 5.74) is 0. The number of nitrogens with one attached hydrogen (secondary N) is 2. The molecule has 1 heterocycles. The number of aliphatic carboxylic acids is 1. The second kappa shape index (κ2) is 15.1. The molecule has 0 bridgehead atoms. The van der Waals surface area contributed by atoms with Crippen LogP contribution in [0.3, 0.4) is 0 Å². The van der Waals surface area contributed by atoms with Crippen molar-refractivity contribution in [1.29, 1.82) is 0 Å². The van der Waals surface area contributed by atoms with Gasteiger partial charge in [-0.1, -0.05) is 32.1 Å². The molecule has 2 aliphatic rings. The van der Waals surface area contributed by atoms with E-state index in [0.29, 0.717) is 25.2 Å². The molecule has 1 saturated heterocycles. The average molecular weight is 536 g/mol. The first-order valence-corrected chi connectivity index (χ1v) is 13.4. The lowest BCUT2D eigenvalue weighted by atomic mass is 9.85. The van der Waals surface area contributed by atoms with E-state index in [0.717, 1.165) is 32.1 Å². The minimum absolute atomic E-state index is 0.170. The number of carboxylic acid groups (broad SMARTS) is 1. The van der Waals surface area contributed by atoms with Crippen molar-refractivity contribution in [3.05, 3.63) is 0 Å². The highest BCUT2D eigenvalue weighted by Crippen LogP contribution is 2.28. The maximum atomic E-state index is 13.4. The van der Waals surface area contributed by atoms with Gasteiger partial charge in [0.25, 0.3) is 0 Å². The van der Waals surface area contributed by atoms with E-state index in [9.17, 15) is 37.5 Å². The van der Waals surface area contributed by atoms with Crippen LogP contribution in [0.25, 0.3) is 0 Å². The summed E-state index contributed by atoms with van der Waals surface area (Å²) in [5, 5.41) is 14.4. The number of nitrogens with zero attached hydrogens (tertiary/aromatic N) is 1. The normalized spacial score (nSPS) is 20.3. The summed E-state index contributed by atoms with van der Waals surface area (Å²) in [6.45, 7) is 1.92. The van der Waals surface area contributed by atoms with Crippen LogP contribution in [-0.4, -0.2) is 77.8 Å². The number of hydrogen-bond acceptors (Lipinski definition) is 6. The minimum Gasteiger partial charge on any atom is -0.480 e. The van der Waals surface area contributed by atoms with Crippen molar-refractivity contribution in [2.45, 2.75) is 108 Å². The fourth-order valence-electron chi connectivity index (χ4n) is 5.17. The topological polar surface area (TPSA) is 125 Å². The lowest BCUT2D eigenvalue weighted by Gasteiger charge is -2.30. The zero-order valence-electron chi connectivity index (χ0n) is 21.5. The summed E-state index contributed by atoms with van der Waals surface area (Å²) in [4.78, 5) is 50.1. The number of amides is 2. The number of likely N-dealkylation sites (tertiary alicyclic amines) is 1. The molecule has 2 amide bonds. The largest absolute Gasteiger partial charge is 0.480 e. The number of alkyl halides is 3. The average Bonchev–Trinajstić information content (AvgIpc) is 3.35. The number of halogens is 3. The third kappa shape index (κ3) is 10.1. The molecule has 3 atom stereocenters. The van der Waals surface area contributed by atoms with Crippen molar-refractivity contribution in [2.24, 2.45) is 5.92 Å². The van der Waals surface area contributed by atoms with E-state index < -0.39 is 48.1 Å². The SMILES string of the molecule is CCOC(=O)C(CCC1CCCCC1)N[C@@H](CCCCNC(=O)C(F)(F)F)C(=O)N1CCC[C@H]1C(=O)O. The number of ether oxygens (including phenoxy) is 1. The molecule has 1 unspecified atom stereocenters. The van der Waals surface area contributed by atoms with Crippen LogP contribution in [0.5, 0.6) is 0 Å². The molecule has 0 spiro atoms. The summed E-state index contributed by atoms with van der Waals surface area (Å²) in [7, 11) is 0. The highest BCUT2D eigenvalue weighted by Gasteiger charge is 2.39. The van der Waals surface area contributed by atoms with Gasteiger partial charge >= 0.3 is 24.0 Å². The van der Waals surface area contributed by atoms with Gasteiger partial charge in [-0.3, -0.25) is 19.7 Å². The Bertz CT molecular complexity index is 773. The molecule has 0 radical (unpaired) electrons. The molecule has 1 aliphatic heterocycles. The summed E-state index contributed by atoms with van der Waals surface area (Å²) in [5.74, 6) is -3.56. The van der Waals surface area contributed by atoms with Crippen molar-refractivity contribution >= 4 is 23.8 Å². The van der Waals surface area contributed by atoms with Gasteiger partial charge in [0.2, 0.25) is 5.91 Å². The van der Waals surface area contributed by atoms with Crippen molar-refractivity contribution in [3.63, 3.8) is 0 Å². The molecule has 0 aromatic carbocycles. The van der Waals surface area contributed by atoms with Crippen LogP contribution >= 0.6 is 0 Å². The van der Waals surface area contributed by atoms with Gasteiger partial charge in [0.05, 0.1) is 12.6 Å². The number of carboxylic acids is 1. The van der Waals surface area contributed by atoms with Gasteiger partial charge in [0.15, 0.2) is 0 Å². The van der Waals surface area contributed by atoms with Gasteiger partial charge in [0, 0.05) is 13.1 Å². The maximum absolute atomic E-state index is 13.4. The Kier molecular flexibility index (Phi) is 12.6. The van der Waals surface area contributed by atoms with Gasteiger partial charge in [0.1, 0.15) is 12.1 Å². The van der Waals surface area contributed by atoms with Crippen molar-refractivity contribution in [3.8, 4) is 0 Å². The van der Waals surface area contributed by atoms with Crippen LogP contribution in [0.2, 0.25) is 0 Å². The van der Waals surface area contributed by atoms with Gasteiger partial charge in [-0.05, 0) is 57.8 Å². The second-order valence-corrected chi connectivity index (χ2v) is 9.88. The molecule has 9 nitrogen and oxygen atoms in total. The molecular formula is C25H40F3N3O6. The summed E-state index contributed by atoms with van der Waals surface area (Å²) in [6.07, 6.45) is 3.51. The first-order chi connectivity index (χ1) is 17.5. The fourth-order valence-corrected chi connectivity index (χ4v) is 5.17. The highest BCUT2D eigenvalue weighted by molar-refractivity contribution is 5.88. The Morgan fingerprint density at radius 2 is 1.70 bits per heavy atom. The van der Waals surface area contributed by atoms with Gasteiger partial charge in [-0.15, -0.1) is 0 Å².